The van der Waals surface area contributed by atoms with Crippen LogP contribution in [0, 0.1) is 6.92 Å². The Morgan fingerprint density at radius 3 is 2.42 bits per heavy atom. The van der Waals surface area contributed by atoms with Gasteiger partial charge in [-0.25, -0.2) is 4.79 Å². The second kappa shape index (κ2) is 8.92. The van der Waals surface area contributed by atoms with E-state index in [0.717, 1.165) is 5.56 Å². The highest BCUT2D eigenvalue weighted by Gasteiger charge is 2.20. The number of benzene rings is 2. The smallest absolute Gasteiger partial charge is 0.337 e. The highest BCUT2D eigenvalue weighted by molar-refractivity contribution is 6.34. The molecule has 0 aliphatic rings. The number of rotatable bonds is 6. The fourth-order valence-corrected chi connectivity index (χ4v) is 2.54. The van der Waals surface area contributed by atoms with Crippen LogP contribution in [0.2, 0.25) is 10.0 Å². The molecule has 1 unspecified atom stereocenters. The maximum Gasteiger partial charge on any atom is 0.337 e. The third-order valence-electron chi connectivity index (χ3n) is 3.72. The third kappa shape index (κ3) is 4.90. The number of halogens is 2. The maximum atomic E-state index is 12.6. The van der Waals surface area contributed by atoms with Gasteiger partial charge in [0.15, 0.2) is 6.10 Å². The molecule has 26 heavy (non-hydrogen) atoms. The minimum Gasteiger partial charge on any atom is -0.481 e. The highest BCUT2D eigenvalue weighted by atomic mass is 35.5. The molecule has 0 fully saturated rings. The average Bonchev–Trinajstić information content (AvgIpc) is 2.63. The molecule has 1 amide bonds. The standard InChI is InChI=1S/C19H19Cl2NO4/c1-4-17(26-13-6-8-14(20)11(2)9-13)18(23)22-16-10-12(19(24)25-3)5-7-15(16)21/h5-10,17H,4H2,1-3H3,(H,22,23). The van der Waals surface area contributed by atoms with E-state index in [1.807, 2.05) is 13.8 Å². The second-order valence-corrected chi connectivity index (χ2v) is 6.42. The molecule has 0 aliphatic heterocycles. The summed E-state index contributed by atoms with van der Waals surface area (Å²) in [6.07, 6.45) is -0.282. The third-order valence-corrected chi connectivity index (χ3v) is 4.47. The van der Waals surface area contributed by atoms with E-state index in [-0.39, 0.29) is 11.5 Å². The molecule has 2 aromatic carbocycles. The lowest BCUT2D eigenvalue weighted by Crippen LogP contribution is -2.32. The van der Waals surface area contributed by atoms with Crippen LogP contribution in [0.15, 0.2) is 36.4 Å². The maximum absolute atomic E-state index is 12.6. The quantitative estimate of drug-likeness (QED) is 0.707. The van der Waals surface area contributed by atoms with Crippen molar-refractivity contribution in [2.24, 2.45) is 0 Å². The summed E-state index contributed by atoms with van der Waals surface area (Å²) in [5.74, 6) is -0.343. The van der Waals surface area contributed by atoms with Gasteiger partial charge in [0.2, 0.25) is 0 Å². The first-order chi connectivity index (χ1) is 12.3. The Morgan fingerprint density at radius 2 is 1.81 bits per heavy atom. The van der Waals surface area contributed by atoms with Crippen molar-refractivity contribution in [2.45, 2.75) is 26.4 Å². The molecule has 0 aliphatic carbocycles. The van der Waals surface area contributed by atoms with Crippen molar-refractivity contribution in [3.63, 3.8) is 0 Å². The molecule has 1 N–H and O–H groups in total. The number of aryl methyl sites for hydroxylation is 1. The lowest BCUT2D eigenvalue weighted by Gasteiger charge is -2.18. The number of ether oxygens (including phenoxy) is 2. The van der Waals surface area contributed by atoms with Crippen LogP contribution in [0.4, 0.5) is 5.69 Å². The largest absolute Gasteiger partial charge is 0.481 e. The van der Waals surface area contributed by atoms with E-state index in [1.165, 1.54) is 25.3 Å². The highest BCUT2D eigenvalue weighted by Crippen LogP contribution is 2.25. The van der Waals surface area contributed by atoms with Gasteiger partial charge in [-0.15, -0.1) is 0 Å². The van der Waals surface area contributed by atoms with Crippen LogP contribution in [-0.2, 0) is 9.53 Å². The minimum atomic E-state index is -0.728. The summed E-state index contributed by atoms with van der Waals surface area (Å²) in [5.41, 5.74) is 1.46. The molecule has 138 valence electrons. The van der Waals surface area contributed by atoms with Crippen molar-refractivity contribution in [2.75, 3.05) is 12.4 Å². The molecule has 7 heteroatoms. The zero-order valence-corrected chi connectivity index (χ0v) is 16.1. The number of hydrogen-bond donors (Lipinski definition) is 1. The van der Waals surface area contributed by atoms with Gasteiger partial charge in [0.05, 0.1) is 23.4 Å². The first-order valence-electron chi connectivity index (χ1n) is 7.97. The summed E-state index contributed by atoms with van der Waals surface area (Å²) in [7, 11) is 1.28. The topological polar surface area (TPSA) is 64.6 Å². The fraction of sp³-hybridized carbons (Fsp3) is 0.263. The van der Waals surface area contributed by atoms with E-state index in [0.29, 0.717) is 27.9 Å². The predicted molar refractivity (Wildman–Crippen MR) is 102 cm³/mol. The number of carbonyl (C=O) groups excluding carboxylic acids is 2. The van der Waals surface area contributed by atoms with Gasteiger partial charge < -0.3 is 14.8 Å². The second-order valence-electron chi connectivity index (χ2n) is 5.60. The molecule has 0 radical (unpaired) electrons. The van der Waals surface area contributed by atoms with Crippen molar-refractivity contribution < 1.29 is 19.1 Å². The van der Waals surface area contributed by atoms with E-state index in [2.05, 4.69) is 10.1 Å². The van der Waals surface area contributed by atoms with Crippen LogP contribution in [0.25, 0.3) is 0 Å². The van der Waals surface area contributed by atoms with Gasteiger partial charge in [0, 0.05) is 5.02 Å². The SMILES string of the molecule is CCC(Oc1ccc(Cl)c(C)c1)C(=O)Nc1cc(C(=O)OC)ccc1Cl. The number of nitrogens with one attached hydrogen (secondary N) is 1. The summed E-state index contributed by atoms with van der Waals surface area (Å²) >= 11 is 12.1. The number of anilines is 1. The lowest BCUT2D eigenvalue weighted by molar-refractivity contribution is -0.122. The zero-order valence-electron chi connectivity index (χ0n) is 14.6. The van der Waals surface area contributed by atoms with Crippen LogP contribution >= 0.6 is 23.2 Å². The number of methoxy groups -OCH3 is 1. The Morgan fingerprint density at radius 1 is 1.12 bits per heavy atom. The summed E-state index contributed by atoms with van der Waals surface area (Å²) in [5, 5.41) is 3.63. The van der Waals surface area contributed by atoms with Crippen LogP contribution in [0.1, 0.15) is 29.3 Å². The molecular formula is C19H19Cl2NO4. The lowest BCUT2D eigenvalue weighted by atomic mass is 10.2. The van der Waals surface area contributed by atoms with Gasteiger partial charge in [-0.05, 0) is 55.3 Å². The van der Waals surface area contributed by atoms with Crippen molar-refractivity contribution in [3.05, 3.63) is 57.6 Å². The van der Waals surface area contributed by atoms with Crippen molar-refractivity contribution in [1.82, 2.24) is 0 Å². The Bertz CT molecular complexity index is 823. The van der Waals surface area contributed by atoms with E-state index in [9.17, 15) is 9.59 Å². The molecule has 2 rings (SSSR count). The van der Waals surface area contributed by atoms with Crippen LogP contribution in [0.5, 0.6) is 5.75 Å². The van der Waals surface area contributed by atoms with Gasteiger partial charge in [-0.2, -0.15) is 0 Å². The van der Waals surface area contributed by atoms with Crippen molar-refractivity contribution >= 4 is 40.8 Å². The number of amides is 1. The molecule has 0 bridgehead atoms. The van der Waals surface area contributed by atoms with Gasteiger partial charge >= 0.3 is 5.97 Å². The molecule has 0 saturated carbocycles. The van der Waals surface area contributed by atoms with Gasteiger partial charge in [0.1, 0.15) is 5.75 Å². The Kier molecular flexibility index (Phi) is 6.89. The Balaban J connectivity index is 2.16. The summed E-state index contributed by atoms with van der Waals surface area (Å²) in [4.78, 5) is 24.2. The van der Waals surface area contributed by atoms with Crippen LogP contribution in [0.3, 0.4) is 0 Å². The molecular weight excluding hydrogens is 377 g/mol. The predicted octanol–water partition coefficient (Wildman–Crippen LogP) is 4.88. The zero-order chi connectivity index (χ0) is 19.3. The summed E-state index contributed by atoms with van der Waals surface area (Å²) in [6.45, 7) is 3.69. The fourth-order valence-electron chi connectivity index (χ4n) is 2.26. The van der Waals surface area contributed by atoms with Gasteiger partial charge in [-0.3, -0.25) is 4.79 Å². The van der Waals surface area contributed by atoms with Crippen LogP contribution in [-0.4, -0.2) is 25.1 Å². The Hall–Kier alpha value is -2.24. The number of hydrogen-bond acceptors (Lipinski definition) is 4. The van der Waals surface area contributed by atoms with Gasteiger partial charge in [0.25, 0.3) is 5.91 Å². The van der Waals surface area contributed by atoms with E-state index >= 15 is 0 Å². The molecule has 0 aromatic heterocycles. The number of esters is 1. The minimum absolute atomic E-state index is 0.287. The molecule has 0 saturated heterocycles. The van der Waals surface area contributed by atoms with Crippen LogP contribution < -0.4 is 10.1 Å². The molecule has 1 atom stereocenters. The Labute approximate surface area is 162 Å². The van der Waals surface area contributed by atoms with Crippen molar-refractivity contribution in [3.8, 4) is 5.75 Å². The first-order valence-corrected chi connectivity index (χ1v) is 8.72. The van der Waals surface area contributed by atoms with E-state index < -0.39 is 12.1 Å². The summed E-state index contributed by atoms with van der Waals surface area (Å²) in [6, 6.07) is 9.69. The molecule has 0 spiro atoms. The molecule has 0 heterocycles. The monoisotopic (exact) mass is 395 g/mol. The molecule has 5 nitrogen and oxygen atoms in total. The van der Waals surface area contributed by atoms with E-state index in [1.54, 1.807) is 18.2 Å². The average molecular weight is 396 g/mol. The van der Waals surface area contributed by atoms with E-state index in [4.69, 9.17) is 27.9 Å². The molecule has 2 aromatic rings. The van der Waals surface area contributed by atoms with Gasteiger partial charge in [-0.1, -0.05) is 30.1 Å². The summed E-state index contributed by atoms with van der Waals surface area (Å²) < 4.78 is 10.4. The van der Waals surface area contributed by atoms with Crippen molar-refractivity contribution in [1.29, 1.82) is 0 Å². The normalized spacial score (nSPS) is 11.6. The number of carbonyl (C=O) groups is 2. The first kappa shape index (κ1) is 20.1.